The van der Waals surface area contributed by atoms with E-state index in [4.69, 9.17) is 0 Å². The molecule has 140 valence electrons. The summed E-state index contributed by atoms with van der Waals surface area (Å²) in [7, 11) is 0. The number of rotatable bonds is 6. The third-order valence-corrected chi connectivity index (χ3v) is 7.04. The van der Waals surface area contributed by atoms with Crippen molar-refractivity contribution >= 4 is 57.5 Å². The lowest BCUT2D eigenvalue weighted by Crippen LogP contribution is -1.98. The van der Waals surface area contributed by atoms with E-state index >= 15 is 0 Å². The van der Waals surface area contributed by atoms with Gasteiger partial charge in [0.1, 0.15) is 5.75 Å². The number of aromatic carboxylic acids is 1. The van der Waals surface area contributed by atoms with Crippen LogP contribution in [0.1, 0.15) is 10.4 Å². The highest BCUT2D eigenvalue weighted by Crippen LogP contribution is 2.44. The molecule has 0 bridgehead atoms. The van der Waals surface area contributed by atoms with Gasteiger partial charge >= 0.3 is 5.97 Å². The SMILES string of the molecule is O=C(O)c1ccccc1Sc1cc(NSc2cccs2)c2ccccc2c1O. The summed E-state index contributed by atoms with van der Waals surface area (Å²) in [5.41, 5.74) is 1.07. The number of benzene rings is 3. The van der Waals surface area contributed by atoms with Crippen LogP contribution in [-0.4, -0.2) is 16.2 Å². The number of fused-ring (bicyclic) bond motifs is 1. The normalized spacial score (nSPS) is 10.9. The van der Waals surface area contributed by atoms with Crippen molar-refractivity contribution in [2.75, 3.05) is 4.72 Å². The van der Waals surface area contributed by atoms with Crippen LogP contribution in [0, 0.1) is 0 Å². The molecule has 0 atom stereocenters. The number of nitrogens with one attached hydrogen (secondary N) is 1. The highest BCUT2D eigenvalue weighted by Gasteiger charge is 2.16. The zero-order valence-electron chi connectivity index (χ0n) is 14.5. The molecule has 0 amide bonds. The average molecular weight is 426 g/mol. The number of phenols is 1. The van der Waals surface area contributed by atoms with Gasteiger partial charge < -0.3 is 14.9 Å². The number of anilines is 1. The Kier molecular flexibility index (Phi) is 5.47. The molecule has 1 heterocycles. The van der Waals surface area contributed by atoms with Gasteiger partial charge in [0.05, 0.1) is 20.4 Å². The van der Waals surface area contributed by atoms with Crippen LogP contribution in [0.5, 0.6) is 5.75 Å². The molecule has 0 unspecified atom stereocenters. The Hall–Kier alpha value is -2.61. The van der Waals surface area contributed by atoms with Crippen molar-refractivity contribution in [2.45, 2.75) is 14.0 Å². The van der Waals surface area contributed by atoms with Crippen LogP contribution in [0.3, 0.4) is 0 Å². The van der Waals surface area contributed by atoms with E-state index in [2.05, 4.69) is 4.72 Å². The molecule has 7 heteroatoms. The van der Waals surface area contributed by atoms with Gasteiger partial charge in [0.2, 0.25) is 0 Å². The summed E-state index contributed by atoms with van der Waals surface area (Å²) in [6, 6.07) is 20.3. The molecule has 0 aliphatic carbocycles. The monoisotopic (exact) mass is 425 g/mol. The van der Waals surface area contributed by atoms with Gasteiger partial charge in [0, 0.05) is 15.7 Å². The van der Waals surface area contributed by atoms with Crippen LogP contribution in [0.15, 0.2) is 86.1 Å². The highest BCUT2D eigenvalue weighted by molar-refractivity contribution is 8.02. The minimum Gasteiger partial charge on any atom is -0.506 e. The summed E-state index contributed by atoms with van der Waals surface area (Å²) < 4.78 is 4.49. The van der Waals surface area contributed by atoms with Crippen LogP contribution >= 0.6 is 35.0 Å². The number of carboxylic acid groups (broad SMARTS) is 1. The Labute approximate surface area is 174 Å². The number of carbonyl (C=O) groups is 1. The first kappa shape index (κ1) is 18.7. The quantitative estimate of drug-likeness (QED) is 0.240. The minimum atomic E-state index is -0.991. The zero-order chi connectivity index (χ0) is 19.5. The number of hydrogen-bond donors (Lipinski definition) is 3. The molecule has 0 saturated heterocycles. The van der Waals surface area contributed by atoms with E-state index in [1.165, 1.54) is 23.7 Å². The van der Waals surface area contributed by atoms with Crippen LogP contribution in [0.4, 0.5) is 5.69 Å². The molecule has 3 N–H and O–H groups in total. The molecule has 3 aromatic carbocycles. The lowest BCUT2D eigenvalue weighted by atomic mass is 10.1. The van der Waals surface area contributed by atoms with Crippen molar-refractivity contribution in [3.05, 3.63) is 77.7 Å². The van der Waals surface area contributed by atoms with Crippen LogP contribution < -0.4 is 4.72 Å². The van der Waals surface area contributed by atoms with Gasteiger partial charge in [-0.2, -0.15) is 0 Å². The van der Waals surface area contributed by atoms with Crippen LogP contribution in [0.25, 0.3) is 10.8 Å². The Morgan fingerprint density at radius 3 is 2.43 bits per heavy atom. The fourth-order valence-corrected chi connectivity index (χ4v) is 5.27. The molecule has 1 aromatic heterocycles. The summed E-state index contributed by atoms with van der Waals surface area (Å²) in [5, 5.41) is 23.9. The molecule has 4 nitrogen and oxygen atoms in total. The topological polar surface area (TPSA) is 69.6 Å². The first-order chi connectivity index (χ1) is 13.6. The van der Waals surface area contributed by atoms with Gasteiger partial charge in [-0.15, -0.1) is 11.3 Å². The molecule has 4 aromatic rings. The predicted molar refractivity (Wildman–Crippen MR) is 117 cm³/mol. The lowest BCUT2D eigenvalue weighted by molar-refractivity contribution is 0.0693. The second-order valence-corrected chi connectivity index (χ2v) is 8.99. The predicted octanol–water partition coefficient (Wildman–Crippen LogP) is 6.58. The van der Waals surface area contributed by atoms with Gasteiger partial charge in [-0.1, -0.05) is 54.2 Å². The zero-order valence-corrected chi connectivity index (χ0v) is 16.9. The summed E-state index contributed by atoms with van der Waals surface area (Å²) >= 11 is 4.39. The van der Waals surface area contributed by atoms with Crippen molar-refractivity contribution in [2.24, 2.45) is 0 Å². The standard InChI is InChI=1S/C21H15NO3S3/c23-20-14-7-2-1-6-13(14)16(22-28-19-10-5-11-26-19)12-18(20)27-17-9-4-3-8-15(17)21(24)25/h1-12,22-23H,(H,24,25). The number of aromatic hydroxyl groups is 1. The molecule has 0 radical (unpaired) electrons. The Morgan fingerprint density at radius 1 is 0.929 bits per heavy atom. The van der Waals surface area contributed by atoms with E-state index in [-0.39, 0.29) is 11.3 Å². The van der Waals surface area contributed by atoms with Gasteiger partial charge in [0.25, 0.3) is 0 Å². The van der Waals surface area contributed by atoms with Crippen molar-refractivity contribution in [3.63, 3.8) is 0 Å². The third-order valence-electron chi connectivity index (χ3n) is 4.08. The number of thiophene rings is 1. The Bertz CT molecular complexity index is 1140. The van der Waals surface area contributed by atoms with E-state index in [1.807, 2.05) is 47.8 Å². The number of hydrogen-bond acceptors (Lipinski definition) is 6. The Morgan fingerprint density at radius 2 is 1.68 bits per heavy atom. The van der Waals surface area contributed by atoms with Gasteiger partial charge in [-0.3, -0.25) is 0 Å². The fourth-order valence-electron chi connectivity index (χ4n) is 2.77. The molecule has 0 saturated carbocycles. The maximum Gasteiger partial charge on any atom is 0.336 e. The second kappa shape index (κ2) is 8.18. The second-order valence-electron chi connectivity index (χ2n) is 5.86. The molecular weight excluding hydrogens is 410 g/mol. The average Bonchev–Trinajstić information content (AvgIpc) is 3.23. The van der Waals surface area contributed by atoms with E-state index in [9.17, 15) is 15.0 Å². The summed E-state index contributed by atoms with van der Waals surface area (Å²) in [6.45, 7) is 0. The Balaban J connectivity index is 1.76. The molecule has 0 aliphatic heterocycles. The van der Waals surface area contributed by atoms with Crippen molar-refractivity contribution in [3.8, 4) is 5.75 Å². The van der Waals surface area contributed by atoms with E-state index in [0.29, 0.717) is 9.79 Å². The van der Waals surface area contributed by atoms with Crippen LogP contribution in [-0.2, 0) is 0 Å². The van der Waals surface area contributed by atoms with Crippen molar-refractivity contribution in [1.29, 1.82) is 0 Å². The summed E-state index contributed by atoms with van der Waals surface area (Å²) in [4.78, 5) is 12.7. The molecule has 4 rings (SSSR count). The first-order valence-corrected chi connectivity index (χ1v) is 10.9. The van der Waals surface area contributed by atoms with Crippen LogP contribution in [0.2, 0.25) is 0 Å². The lowest BCUT2D eigenvalue weighted by Gasteiger charge is -2.14. The van der Waals surface area contributed by atoms with E-state index in [1.54, 1.807) is 35.6 Å². The molecule has 0 aliphatic rings. The van der Waals surface area contributed by atoms with Crippen molar-refractivity contribution in [1.82, 2.24) is 0 Å². The molecular formula is C21H15NO3S3. The van der Waals surface area contributed by atoms with Gasteiger partial charge in [-0.05, 0) is 41.6 Å². The maximum atomic E-state index is 11.5. The highest BCUT2D eigenvalue weighted by atomic mass is 32.2. The molecule has 0 spiro atoms. The largest absolute Gasteiger partial charge is 0.506 e. The molecule has 0 fully saturated rings. The van der Waals surface area contributed by atoms with Crippen molar-refractivity contribution < 1.29 is 15.0 Å². The van der Waals surface area contributed by atoms with Gasteiger partial charge in [-0.25, -0.2) is 4.79 Å². The first-order valence-electron chi connectivity index (χ1n) is 8.35. The van der Waals surface area contributed by atoms with E-state index in [0.717, 1.165) is 20.7 Å². The van der Waals surface area contributed by atoms with Gasteiger partial charge in [0.15, 0.2) is 0 Å². The maximum absolute atomic E-state index is 11.5. The number of phenolic OH excluding ortho intramolecular Hbond substituents is 1. The van der Waals surface area contributed by atoms with E-state index < -0.39 is 5.97 Å². The molecule has 28 heavy (non-hydrogen) atoms. The number of carboxylic acids is 1. The smallest absolute Gasteiger partial charge is 0.336 e. The summed E-state index contributed by atoms with van der Waals surface area (Å²) in [6.07, 6.45) is 0. The fraction of sp³-hybridized carbons (Fsp3) is 0. The third kappa shape index (κ3) is 3.82. The minimum absolute atomic E-state index is 0.146. The summed E-state index contributed by atoms with van der Waals surface area (Å²) in [5.74, 6) is -0.845.